The highest BCUT2D eigenvalue weighted by atomic mass is 19.4. The molecular weight excluding hydrogens is 437 g/mol. The van der Waals surface area contributed by atoms with Crippen LogP contribution in [0.4, 0.5) is 18.9 Å². The molecule has 1 aromatic heterocycles. The third-order valence-corrected chi connectivity index (χ3v) is 6.32. The molecule has 2 aromatic carbocycles. The minimum atomic E-state index is -4.58. The molecule has 0 N–H and O–H groups in total. The normalized spacial score (nSPS) is 20.6. The molecular formula is C24H17F3N2O4. The first-order valence-corrected chi connectivity index (χ1v) is 10.4. The molecule has 1 spiro atoms. The summed E-state index contributed by atoms with van der Waals surface area (Å²) in [5, 5.41) is 0. The molecule has 1 atom stereocenters. The number of anilines is 1. The van der Waals surface area contributed by atoms with Gasteiger partial charge in [0.25, 0.3) is 0 Å². The first-order valence-electron chi connectivity index (χ1n) is 10.4. The van der Waals surface area contributed by atoms with Crippen molar-refractivity contribution in [1.82, 2.24) is 4.98 Å². The summed E-state index contributed by atoms with van der Waals surface area (Å²) in [6.07, 6.45) is -3.28. The van der Waals surface area contributed by atoms with E-state index in [0.717, 1.165) is 6.07 Å². The van der Waals surface area contributed by atoms with E-state index in [1.807, 2.05) is 6.07 Å². The minimum Gasteiger partial charge on any atom is -0.491 e. The average Bonchev–Trinajstić information content (AvgIpc) is 3.29. The van der Waals surface area contributed by atoms with Crippen LogP contribution in [0.25, 0.3) is 0 Å². The third kappa shape index (κ3) is 2.81. The molecule has 0 saturated heterocycles. The molecule has 33 heavy (non-hydrogen) atoms. The Balaban J connectivity index is 1.48. The summed E-state index contributed by atoms with van der Waals surface area (Å²) in [5.41, 5.74) is -0.439. The van der Waals surface area contributed by atoms with Crippen molar-refractivity contribution >= 4 is 11.6 Å². The van der Waals surface area contributed by atoms with Crippen LogP contribution in [0.2, 0.25) is 0 Å². The van der Waals surface area contributed by atoms with Gasteiger partial charge in [-0.15, -0.1) is 0 Å². The Kier molecular flexibility index (Phi) is 4.14. The molecule has 6 rings (SSSR count). The number of carbonyl (C=O) groups is 1. The lowest BCUT2D eigenvalue weighted by Gasteiger charge is -2.25. The smallest absolute Gasteiger partial charge is 0.418 e. The van der Waals surface area contributed by atoms with Crippen molar-refractivity contribution in [1.29, 1.82) is 0 Å². The fourth-order valence-corrected chi connectivity index (χ4v) is 4.84. The second-order valence-corrected chi connectivity index (χ2v) is 8.09. The van der Waals surface area contributed by atoms with Crippen LogP contribution in [0.15, 0.2) is 54.7 Å². The largest absolute Gasteiger partial charge is 0.491 e. The van der Waals surface area contributed by atoms with Gasteiger partial charge in [0, 0.05) is 23.5 Å². The van der Waals surface area contributed by atoms with Crippen molar-refractivity contribution in [2.45, 2.75) is 18.1 Å². The molecule has 3 aliphatic heterocycles. The lowest BCUT2D eigenvalue weighted by Crippen LogP contribution is -2.42. The molecule has 0 bridgehead atoms. The van der Waals surface area contributed by atoms with Gasteiger partial charge in [-0.1, -0.05) is 18.2 Å². The zero-order valence-electron chi connectivity index (χ0n) is 17.2. The Morgan fingerprint density at radius 2 is 1.70 bits per heavy atom. The van der Waals surface area contributed by atoms with Crippen molar-refractivity contribution in [2.75, 3.05) is 24.7 Å². The molecule has 0 saturated carbocycles. The van der Waals surface area contributed by atoms with Crippen molar-refractivity contribution in [2.24, 2.45) is 0 Å². The quantitative estimate of drug-likeness (QED) is 0.584. The van der Waals surface area contributed by atoms with Crippen LogP contribution < -0.4 is 19.1 Å². The van der Waals surface area contributed by atoms with Crippen molar-refractivity contribution in [3.63, 3.8) is 0 Å². The fourth-order valence-electron chi connectivity index (χ4n) is 4.84. The molecule has 1 amide bonds. The number of hydrogen-bond acceptors (Lipinski definition) is 5. The molecule has 9 heteroatoms. The summed E-state index contributed by atoms with van der Waals surface area (Å²) in [4.78, 5) is 19.3. The van der Waals surface area contributed by atoms with E-state index in [1.54, 1.807) is 30.3 Å². The van der Waals surface area contributed by atoms with Gasteiger partial charge in [0.05, 0.1) is 17.8 Å². The number of hydrogen-bond donors (Lipinski definition) is 0. The van der Waals surface area contributed by atoms with Gasteiger partial charge >= 0.3 is 6.18 Å². The topological polar surface area (TPSA) is 60.9 Å². The Morgan fingerprint density at radius 1 is 0.939 bits per heavy atom. The average molecular weight is 454 g/mol. The number of alkyl halides is 3. The van der Waals surface area contributed by atoms with Gasteiger partial charge in [-0.25, -0.2) is 0 Å². The summed E-state index contributed by atoms with van der Waals surface area (Å²) < 4.78 is 58.0. The summed E-state index contributed by atoms with van der Waals surface area (Å²) >= 11 is 0. The highest BCUT2D eigenvalue weighted by molar-refractivity contribution is 6.11. The van der Waals surface area contributed by atoms with E-state index in [4.69, 9.17) is 14.2 Å². The second kappa shape index (κ2) is 6.87. The number of amides is 1. The third-order valence-electron chi connectivity index (χ3n) is 6.32. The molecule has 0 unspecified atom stereocenters. The second-order valence-electron chi connectivity index (χ2n) is 8.09. The number of pyridine rings is 1. The summed E-state index contributed by atoms with van der Waals surface area (Å²) in [7, 11) is 0. The van der Waals surface area contributed by atoms with E-state index < -0.39 is 17.2 Å². The zero-order valence-corrected chi connectivity index (χ0v) is 17.2. The predicted molar refractivity (Wildman–Crippen MR) is 111 cm³/mol. The number of aromatic nitrogens is 1. The van der Waals surface area contributed by atoms with Gasteiger partial charge in [0.2, 0.25) is 5.91 Å². The number of benzene rings is 2. The van der Waals surface area contributed by atoms with Crippen molar-refractivity contribution in [3.05, 3.63) is 77.1 Å². The number of halogens is 3. The van der Waals surface area contributed by atoms with E-state index in [1.165, 1.54) is 17.2 Å². The van der Waals surface area contributed by atoms with E-state index in [0.29, 0.717) is 47.3 Å². The maximum atomic E-state index is 13.9. The van der Waals surface area contributed by atoms with E-state index >= 15 is 0 Å². The lowest BCUT2D eigenvalue weighted by molar-refractivity contribution is -0.138. The molecule has 3 aromatic rings. The van der Waals surface area contributed by atoms with E-state index in [9.17, 15) is 18.0 Å². The summed E-state index contributed by atoms with van der Waals surface area (Å²) in [6, 6.07) is 12.8. The lowest BCUT2D eigenvalue weighted by atomic mass is 9.77. The Hall–Kier alpha value is -3.75. The predicted octanol–water partition coefficient (Wildman–Crippen LogP) is 4.10. The molecule has 0 aliphatic carbocycles. The van der Waals surface area contributed by atoms with Crippen molar-refractivity contribution in [3.8, 4) is 17.2 Å². The van der Waals surface area contributed by atoms with Gasteiger partial charge in [-0.3, -0.25) is 9.78 Å². The fraction of sp³-hybridized carbons (Fsp3) is 0.250. The monoisotopic (exact) mass is 454 g/mol. The maximum absolute atomic E-state index is 13.9. The van der Waals surface area contributed by atoms with Gasteiger partial charge in [-0.05, 0) is 29.8 Å². The van der Waals surface area contributed by atoms with Crippen molar-refractivity contribution < 1.29 is 32.2 Å². The molecule has 0 radical (unpaired) electrons. The van der Waals surface area contributed by atoms with Crippen LogP contribution in [0.3, 0.4) is 0 Å². The van der Waals surface area contributed by atoms with Crippen LogP contribution >= 0.6 is 0 Å². The van der Waals surface area contributed by atoms with Gasteiger partial charge in [0.15, 0.2) is 11.5 Å². The van der Waals surface area contributed by atoms with Crippen LogP contribution in [0.1, 0.15) is 22.4 Å². The molecule has 168 valence electrons. The highest BCUT2D eigenvalue weighted by Crippen LogP contribution is 2.55. The number of carbonyl (C=O) groups excluding carboxylic acids is 1. The van der Waals surface area contributed by atoms with Crippen LogP contribution in [-0.2, 0) is 22.9 Å². The Labute approximate surface area is 186 Å². The highest BCUT2D eigenvalue weighted by Gasteiger charge is 2.57. The summed E-state index contributed by atoms with van der Waals surface area (Å²) in [5.74, 6) is 1.18. The van der Waals surface area contributed by atoms with Crippen LogP contribution in [0.5, 0.6) is 17.2 Å². The number of nitrogens with zero attached hydrogens (tertiary/aromatic N) is 2. The first-order chi connectivity index (χ1) is 15.9. The van der Waals surface area contributed by atoms with E-state index in [2.05, 4.69) is 4.98 Å². The Bertz CT molecular complexity index is 1290. The van der Waals surface area contributed by atoms with Gasteiger partial charge < -0.3 is 19.1 Å². The molecule has 3 aliphatic rings. The molecule has 6 nitrogen and oxygen atoms in total. The number of rotatable bonds is 2. The maximum Gasteiger partial charge on any atom is 0.418 e. The standard InChI is InChI=1S/C24H17F3N2O4/c25-24(26,27)14-5-3-7-28-17(14)12-29-18-6-2-1-4-15(18)23(22(29)30)13-33-19-11-21-20(10-16(19)23)31-8-9-32-21/h1-7,10-11H,8-9,12-13H2/t23-/m0/s1. The SMILES string of the molecule is O=C1N(Cc2ncccc2C(F)(F)F)c2ccccc2[C@]12COc1cc3c(cc12)OCCO3. The number of fused-ring (bicyclic) bond motifs is 5. The minimum absolute atomic E-state index is 0.0337. The van der Waals surface area contributed by atoms with E-state index in [-0.39, 0.29) is 24.8 Å². The number of ether oxygens (including phenoxy) is 3. The van der Waals surface area contributed by atoms with Crippen LogP contribution in [-0.4, -0.2) is 30.7 Å². The van der Waals surface area contributed by atoms with Gasteiger partial charge in [0.1, 0.15) is 31.0 Å². The Morgan fingerprint density at radius 3 is 2.48 bits per heavy atom. The van der Waals surface area contributed by atoms with Crippen LogP contribution in [0, 0.1) is 0 Å². The first kappa shape index (κ1) is 19.9. The number of para-hydroxylation sites is 1. The molecule has 4 heterocycles. The molecule has 0 fully saturated rings. The zero-order chi connectivity index (χ0) is 22.8. The van der Waals surface area contributed by atoms with Gasteiger partial charge in [-0.2, -0.15) is 13.2 Å². The summed E-state index contributed by atoms with van der Waals surface area (Å²) in [6.45, 7) is 0.521.